The van der Waals surface area contributed by atoms with Crippen LogP contribution in [0.5, 0.6) is 5.75 Å². The molecule has 4 rings (SSSR count). The summed E-state index contributed by atoms with van der Waals surface area (Å²) in [7, 11) is -4.40. The monoisotopic (exact) mass is 613 g/mol. The average Bonchev–Trinajstić information content (AvgIpc) is 2.84. The Morgan fingerprint density at radius 1 is 1.14 bits per heavy atom. The van der Waals surface area contributed by atoms with Crippen molar-refractivity contribution >= 4 is 54.5 Å². The molecular formula is C24H16BrClF3N3O4S. The minimum absolute atomic E-state index is 0.0380. The first-order valence-electron chi connectivity index (χ1n) is 10.5. The van der Waals surface area contributed by atoms with E-state index < -0.39 is 44.2 Å². The smallest absolute Gasteiger partial charge is 0.374 e. The molecule has 0 atom stereocenters. The number of rotatable bonds is 6. The zero-order valence-electron chi connectivity index (χ0n) is 18.8. The molecule has 0 radical (unpaired) electrons. The molecule has 0 spiro atoms. The van der Waals surface area contributed by atoms with Crippen molar-refractivity contribution in [2.45, 2.75) is 24.5 Å². The molecule has 0 bridgehead atoms. The maximum Gasteiger partial charge on any atom is 0.417 e. The molecule has 1 amide bonds. The fourth-order valence-electron chi connectivity index (χ4n) is 3.34. The second-order valence-corrected chi connectivity index (χ2v) is 10.5. The topological polar surface area (TPSA) is 98.2 Å². The van der Waals surface area contributed by atoms with Gasteiger partial charge >= 0.3 is 16.3 Å². The van der Waals surface area contributed by atoms with Crippen molar-refractivity contribution in [3.05, 3.63) is 92.8 Å². The van der Waals surface area contributed by atoms with Crippen LogP contribution >= 0.6 is 27.5 Å². The maximum absolute atomic E-state index is 13.2. The van der Waals surface area contributed by atoms with Gasteiger partial charge < -0.3 is 9.50 Å². The first-order chi connectivity index (χ1) is 17.4. The number of nitrogens with one attached hydrogen (secondary N) is 1. The number of nitrogens with zero attached hydrogens (tertiary/aromatic N) is 2. The van der Waals surface area contributed by atoms with Crippen LogP contribution in [0.2, 0.25) is 5.02 Å². The van der Waals surface area contributed by atoms with Gasteiger partial charge in [-0.1, -0.05) is 35.4 Å². The normalized spacial score (nSPS) is 11.9. The Bertz CT molecular complexity index is 1610. The Hall–Kier alpha value is -3.22. The van der Waals surface area contributed by atoms with E-state index in [1.165, 1.54) is 24.4 Å². The van der Waals surface area contributed by atoms with Gasteiger partial charge in [0.1, 0.15) is 15.0 Å². The van der Waals surface area contributed by atoms with E-state index in [2.05, 4.69) is 31.2 Å². The molecule has 0 aliphatic rings. The second kappa shape index (κ2) is 10.3. The van der Waals surface area contributed by atoms with Crippen LogP contribution in [0.3, 0.4) is 0 Å². The lowest BCUT2D eigenvalue weighted by Crippen LogP contribution is -2.26. The van der Waals surface area contributed by atoms with E-state index in [4.69, 9.17) is 15.8 Å². The predicted octanol–water partition coefficient (Wildman–Crippen LogP) is 6.07. The molecule has 0 aliphatic carbocycles. The highest BCUT2D eigenvalue weighted by atomic mass is 79.9. The minimum atomic E-state index is -4.68. The fraction of sp³-hybridized carbons (Fsp3) is 0.125. The highest BCUT2D eigenvalue weighted by Gasteiger charge is 2.33. The van der Waals surface area contributed by atoms with Crippen molar-refractivity contribution < 1.29 is 30.6 Å². The molecule has 1 N–H and O–H groups in total. The lowest BCUT2D eigenvalue weighted by molar-refractivity contribution is -0.137. The molecule has 2 heterocycles. The highest BCUT2D eigenvalue weighted by molar-refractivity contribution is 9.10. The Morgan fingerprint density at radius 3 is 2.51 bits per heavy atom. The summed E-state index contributed by atoms with van der Waals surface area (Å²) in [6.45, 7) is 1.46. The van der Waals surface area contributed by atoms with Gasteiger partial charge in [-0.2, -0.15) is 21.6 Å². The van der Waals surface area contributed by atoms with Crippen LogP contribution in [-0.2, 0) is 22.8 Å². The number of aromatic nitrogens is 2. The fourth-order valence-corrected chi connectivity index (χ4v) is 5.00. The third kappa shape index (κ3) is 5.86. The van der Waals surface area contributed by atoms with Crippen molar-refractivity contribution in [2.24, 2.45) is 0 Å². The van der Waals surface area contributed by atoms with E-state index in [1.807, 2.05) is 0 Å². The van der Waals surface area contributed by atoms with Crippen LogP contribution in [0.15, 0.2) is 70.3 Å². The Balaban J connectivity index is 1.72. The summed E-state index contributed by atoms with van der Waals surface area (Å²) < 4.78 is 71.2. The molecule has 4 aromatic rings. The summed E-state index contributed by atoms with van der Waals surface area (Å²) in [6.07, 6.45) is -3.30. The van der Waals surface area contributed by atoms with E-state index in [1.54, 1.807) is 31.2 Å². The van der Waals surface area contributed by atoms with E-state index in [-0.39, 0.29) is 27.1 Å². The van der Waals surface area contributed by atoms with Crippen LogP contribution in [0.1, 0.15) is 27.2 Å². The van der Waals surface area contributed by atoms with Crippen molar-refractivity contribution in [3.63, 3.8) is 0 Å². The number of carbonyl (C=O) groups is 1. The van der Waals surface area contributed by atoms with E-state index >= 15 is 0 Å². The van der Waals surface area contributed by atoms with Gasteiger partial charge in [-0.3, -0.25) is 9.78 Å². The van der Waals surface area contributed by atoms with E-state index in [0.29, 0.717) is 5.39 Å². The highest BCUT2D eigenvalue weighted by Crippen LogP contribution is 2.36. The molecule has 0 unspecified atom stereocenters. The largest absolute Gasteiger partial charge is 0.417 e. The molecule has 0 saturated heterocycles. The van der Waals surface area contributed by atoms with Gasteiger partial charge in [-0.15, -0.1) is 0 Å². The van der Waals surface area contributed by atoms with E-state index in [0.717, 1.165) is 17.7 Å². The van der Waals surface area contributed by atoms with Crippen LogP contribution in [-0.4, -0.2) is 24.3 Å². The number of aryl methyl sites for hydroxylation is 1. The molecule has 0 saturated carbocycles. The molecule has 2 aromatic heterocycles. The lowest BCUT2D eigenvalue weighted by Gasteiger charge is -2.15. The zero-order chi connectivity index (χ0) is 27.0. The first-order valence-corrected chi connectivity index (χ1v) is 13.0. The molecule has 2 aromatic carbocycles. The number of alkyl halides is 3. The van der Waals surface area contributed by atoms with Gasteiger partial charge in [0.2, 0.25) is 5.75 Å². The molecule has 0 fully saturated rings. The van der Waals surface area contributed by atoms with Crippen LogP contribution in [0.25, 0.3) is 10.9 Å². The quantitative estimate of drug-likeness (QED) is 0.209. The Kier molecular flexibility index (Phi) is 7.45. The number of hydrogen-bond acceptors (Lipinski definition) is 6. The number of amides is 1. The van der Waals surface area contributed by atoms with Crippen molar-refractivity contribution in [1.29, 1.82) is 0 Å². The number of fused-ring (bicyclic) bond motifs is 1. The molecule has 192 valence electrons. The van der Waals surface area contributed by atoms with Gasteiger partial charge in [-0.25, -0.2) is 4.98 Å². The predicted molar refractivity (Wildman–Crippen MR) is 134 cm³/mol. The maximum atomic E-state index is 13.2. The molecular weight excluding hydrogens is 599 g/mol. The first kappa shape index (κ1) is 26.8. The summed E-state index contributed by atoms with van der Waals surface area (Å²) in [6, 6.07) is 12.3. The molecule has 7 nitrogen and oxygen atoms in total. The van der Waals surface area contributed by atoms with Gasteiger partial charge in [0.15, 0.2) is 5.69 Å². The lowest BCUT2D eigenvalue weighted by atomic mass is 10.1. The van der Waals surface area contributed by atoms with Gasteiger partial charge in [0.25, 0.3) is 5.91 Å². The number of pyridine rings is 2. The number of carbonyl (C=O) groups excluding carboxylic acids is 1. The number of benzene rings is 2. The second-order valence-electron chi connectivity index (χ2n) is 7.83. The average molecular weight is 615 g/mol. The number of hydrogen-bond donors (Lipinski definition) is 1. The van der Waals surface area contributed by atoms with Crippen LogP contribution < -0.4 is 9.50 Å². The Morgan fingerprint density at radius 2 is 1.84 bits per heavy atom. The summed E-state index contributed by atoms with van der Waals surface area (Å²) in [4.78, 5) is 21.3. The number of halogens is 5. The van der Waals surface area contributed by atoms with Crippen molar-refractivity contribution in [3.8, 4) is 5.75 Å². The standard InChI is InChI=1S/C24H16BrClF3N3O4S/c1-13-4-7-15(8-5-13)37(34,35)36-21-19-16(3-2-10-30-19)22(25)32-20(21)23(33)31-12-14-6-9-18(26)17(11-14)24(27,28)29/h2-11H,12H2,1H3,(H,31,33). The summed E-state index contributed by atoms with van der Waals surface area (Å²) >= 11 is 8.89. The zero-order valence-corrected chi connectivity index (χ0v) is 22.0. The van der Waals surface area contributed by atoms with Crippen LogP contribution in [0, 0.1) is 6.92 Å². The summed E-state index contributed by atoms with van der Waals surface area (Å²) in [5.41, 5.74) is -0.509. The van der Waals surface area contributed by atoms with E-state index in [9.17, 15) is 26.4 Å². The molecule has 13 heteroatoms. The third-order valence-corrected chi connectivity index (χ3v) is 7.35. The molecule has 0 aliphatic heterocycles. The van der Waals surface area contributed by atoms with Crippen LogP contribution in [0.4, 0.5) is 13.2 Å². The summed E-state index contributed by atoms with van der Waals surface area (Å²) in [5.74, 6) is -1.32. The van der Waals surface area contributed by atoms with Gasteiger partial charge in [0.05, 0.1) is 10.6 Å². The SMILES string of the molecule is Cc1ccc(S(=O)(=O)Oc2c(C(=O)NCc3ccc(Cl)c(C(F)(F)F)c3)nc(Br)c3cccnc23)cc1. The van der Waals surface area contributed by atoms with Gasteiger partial charge in [0, 0.05) is 18.1 Å². The van der Waals surface area contributed by atoms with Gasteiger partial charge in [-0.05, 0) is 64.8 Å². The van der Waals surface area contributed by atoms with Crippen molar-refractivity contribution in [2.75, 3.05) is 0 Å². The third-order valence-electron chi connectivity index (χ3n) is 5.18. The van der Waals surface area contributed by atoms with Crippen molar-refractivity contribution in [1.82, 2.24) is 15.3 Å². The Labute approximate surface area is 222 Å². The minimum Gasteiger partial charge on any atom is -0.374 e. The molecule has 37 heavy (non-hydrogen) atoms. The summed E-state index contributed by atoms with van der Waals surface area (Å²) in [5, 5.41) is 2.34.